The topological polar surface area (TPSA) is 78.4 Å². The summed E-state index contributed by atoms with van der Waals surface area (Å²) in [5.41, 5.74) is 0.466. The Morgan fingerprint density at radius 1 is 1.33 bits per heavy atom. The molecule has 0 aromatic heterocycles. The highest BCUT2D eigenvalue weighted by molar-refractivity contribution is 9.10. The van der Waals surface area contributed by atoms with E-state index in [0.29, 0.717) is 21.6 Å². The molecule has 0 heterocycles. The number of aliphatic hydroxyl groups excluding tert-OH is 1. The molecule has 0 saturated carbocycles. The predicted molar refractivity (Wildman–Crippen MR) is 72.5 cm³/mol. The van der Waals surface area contributed by atoms with Gasteiger partial charge in [-0.3, -0.25) is 9.59 Å². The number of halogens is 2. The summed E-state index contributed by atoms with van der Waals surface area (Å²) >= 11 is 9.01. The minimum atomic E-state index is -0.762. The summed E-state index contributed by atoms with van der Waals surface area (Å²) in [5.74, 6) is -1.50. The fourth-order valence-electron chi connectivity index (χ4n) is 1.12. The Balaban J connectivity index is 2.53. The van der Waals surface area contributed by atoms with Crippen LogP contribution in [-0.2, 0) is 9.59 Å². The number of carbonyl (C=O) groups is 2. The third-order valence-electron chi connectivity index (χ3n) is 2.00. The average Bonchev–Trinajstić information content (AvgIpc) is 2.34. The third-order valence-corrected chi connectivity index (χ3v) is 3.22. The van der Waals surface area contributed by atoms with Crippen molar-refractivity contribution in [1.29, 1.82) is 0 Å². The summed E-state index contributed by atoms with van der Waals surface area (Å²) in [7, 11) is 0. The molecule has 1 aromatic rings. The van der Waals surface area contributed by atoms with Crippen molar-refractivity contribution in [2.75, 3.05) is 18.5 Å². The van der Waals surface area contributed by atoms with Gasteiger partial charge in [-0.15, -0.1) is 0 Å². The largest absolute Gasteiger partial charge is 0.396 e. The molecule has 98 valence electrons. The normalized spacial score (nSPS) is 9.94. The van der Waals surface area contributed by atoms with Gasteiger partial charge in [0.15, 0.2) is 0 Å². The molecule has 0 atom stereocenters. The van der Waals surface area contributed by atoms with E-state index in [0.717, 1.165) is 0 Å². The molecule has 3 N–H and O–H groups in total. The van der Waals surface area contributed by atoms with Crippen LogP contribution in [-0.4, -0.2) is 30.1 Å². The van der Waals surface area contributed by atoms with Crippen LogP contribution >= 0.6 is 27.5 Å². The number of rotatable bonds is 4. The van der Waals surface area contributed by atoms with Gasteiger partial charge in [-0.25, -0.2) is 0 Å². The highest BCUT2D eigenvalue weighted by atomic mass is 79.9. The van der Waals surface area contributed by atoms with E-state index in [9.17, 15) is 9.59 Å². The van der Waals surface area contributed by atoms with Crippen LogP contribution in [0.4, 0.5) is 5.69 Å². The summed E-state index contributed by atoms with van der Waals surface area (Å²) in [6.45, 7) is 0.221. The number of benzene rings is 1. The lowest BCUT2D eigenvalue weighted by atomic mass is 10.3. The van der Waals surface area contributed by atoms with Gasteiger partial charge in [0, 0.05) is 23.3 Å². The van der Waals surface area contributed by atoms with Crippen molar-refractivity contribution in [3.8, 4) is 0 Å². The molecule has 7 heteroatoms. The fourth-order valence-corrected chi connectivity index (χ4v) is 1.62. The van der Waals surface area contributed by atoms with Gasteiger partial charge in [0.25, 0.3) is 0 Å². The SMILES string of the molecule is O=C(NCCCO)C(=O)Nc1ccc(Cl)c(Br)c1. The molecule has 18 heavy (non-hydrogen) atoms. The van der Waals surface area contributed by atoms with Crippen LogP contribution in [0.2, 0.25) is 5.02 Å². The zero-order chi connectivity index (χ0) is 13.5. The van der Waals surface area contributed by atoms with Crippen molar-refractivity contribution in [2.45, 2.75) is 6.42 Å². The minimum absolute atomic E-state index is 0.0357. The molecular formula is C11H12BrClN2O3. The lowest BCUT2D eigenvalue weighted by Crippen LogP contribution is -2.36. The monoisotopic (exact) mass is 334 g/mol. The van der Waals surface area contributed by atoms with E-state index in [2.05, 4.69) is 26.6 Å². The Labute approximate surface area is 118 Å². The van der Waals surface area contributed by atoms with Crippen molar-refractivity contribution < 1.29 is 14.7 Å². The predicted octanol–water partition coefficient (Wildman–Crippen LogP) is 1.54. The zero-order valence-corrected chi connectivity index (χ0v) is 11.7. The summed E-state index contributed by atoms with van der Waals surface area (Å²) in [6.07, 6.45) is 0.408. The Morgan fingerprint density at radius 2 is 2.06 bits per heavy atom. The van der Waals surface area contributed by atoms with Crippen molar-refractivity contribution in [3.63, 3.8) is 0 Å². The average molecular weight is 336 g/mol. The lowest BCUT2D eigenvalue weighted by Gasteiger charge is -2.06. The van der Waals surface area contributed by atoms with Crippen LogP contribution < -0.4 is 10.6 Å². The van der Waals surface area contributed by atoms with Gasteiger partial charge < -0.3 is 15.7 Å². The number of amides is 2. The summed E-state index contributed by atoms with van der Waals surface area (Å²) in [6, 6.07) is 4.79. The summed E-state index contributed by atoms with van der Waals surface area (Å²) < 4.78 is 0.627. The van der Waals surface area contributed by atoms with Gasteiger partial charge in [-0.05, 0) is 40.5 Å². The molecule has 0 bridgehead atoms. The Kier molecular flexibility index (Phi) is 6.11. The van der Waals surface area contributed by atoms with Crippen LogP contribution in [0.5, 0.6) is 0 Å². The first-order chi connectivity index (χ1) is 8.54. The van der Waals surface area contributed by atoms with E-state index < -0.39 is 11.8 Å². The molecule has 0 radical (unpaired) electrons. The Morgan fingerprint density at radius 3 is 2.67 bits per heavy atom. The standard InChI is InChI=1S/C11H12BrClN2O3/c12-8-6-7(2-3-9(8)13)15-11(18)10(17)14-4-1-5-16/h2-3,6,16H,1,4-5H2,(H,14,17)(H,15,18). The van der Waals surface area contributed by atoms with Crippen molar-refractivity contribution in [1.82, 2.24) is 5.32 Å². The van der Waals surface area contributed by atoms with Gasteiger partial charge in [0.05, 0.1) is 5.02 Å². The van der Waals surface area contributed by atoms with Gasteiger partial charge in [0.2, 0.25) is 0 Å². The molecule has 1 aromatic carbocycles. The molecule has 5 nitrogen and oxygen atoms in total. The molecule has 0 unspecified atom stereocenters. The number of nitrogens with one attached hydrogen (secondary N) is 2. The van der Waals surface area contributed by atoms with Gasteiger partial charge >= 0.3 is 11.8 Å². The molecule has 0 fully saturated rings. The second-order valence-corrected chi connectivity index (χ2v) is 4.68. The first kappa shape index (κ1) is 14.9. The molecule has 2 amide bonds. The van der Waals surface area contributed by atoms with E-state index in [4.69, 9.17) is 16.7 Å². The van der Waals surface area contributed by atoms with E-state index >= 15 is 0 Å². The van der Waals surface area contributed by atoms with E-state index in [1.807, 2.05) is 0 Å². The maximum atomic E-state index is 11.5. The first-order valence-corrected chi connectivity index (χ1v) is 6.36. The van der Waals surface area contributed by atoms with Gasteiger partial charge in [0.1, 0.15) is 0 Å². The number of aliphatic hydroxyl groups is 1. The molecular weight excluding hydrogens is 323 g/mol. The number of hydrogen-bond acceptors (Lipinski definition) is 3. The molecule has 0 aliphatic heterocycles. The van der Waals surface area contributed by atoms with E-state index in [-0.39, 0.29) is 13.2 Å². The smallest absolute Gasteiger partial charge is 0.313 e. The number of anilines is 1. The van der Waals surface area contributed by atoms with Crippen molar-refractivity contribution >= 4 is 45.0 Å². The van der Waals surface area contributed by atoms with Gasteiger partial charge in [-0.2, -0.15) is 0 Å². The van der Waals surface area contributed by atoms with Crippen LogP contribution in [0.25, 0.3) is 0 Å². The quantitative estimate of drug-likeness (QED) is 0.577. The number of hydrogen-bond donors (Lipinski definition) is 3. The molecule has 1 rings (SSSR count). The highest BCUT2D eigenvalue weighted by Gasteiger charge is 2.13. The molecule has 0 aliphatic carbocycles. The Bertz CT molecular complexity index is 454. The van der Waals surface area contributed by atoms with E-state index in [1.54, 1.807) is 18.2 Å². The van der Waals surface area contributed by atoms with Crippen LogP contribution in [0, 0.1) is 0 Å². The minimum Gasteiger partial charge on any atom is -0.396 e. The second-order valence-electron chi connectivity index (χ2n) is 3.42. The van der Waals surface area contributed by atoms with Crippen molar-refractivity contribution in [2.24, 2.45) is 0 Å². The first-order valence-electron chi connectivity index (χ1n) is 5.19. The Hall–Kier alpha value is -1.11. The fraction of sp³-hybridized carbons (Fsp3) is 0.273. The maximum Gasteiger partial charge on any atom is 0.313 e. The van der Waals surface area contributed by atoms with Crippen LogP contribution in [0.3, 0.4) is 0 Å². The summed E-state index contributed by atoms with van der Waals surface area (Å²) in [5, 5.41) is 13.9. The lowest BCUT2D eigenvalue weighted by molar-refractivity contribution is -0.136. The molecule has 0 spiro atoms. The third kappa shape index (κ3) is 4.64. The molecule has 0 saturated heterocycles. The van der Waals surface area contributed by atoms with Crippen LogP contribution in [0.1, 0.15) is 6.42 Å². The van der Waals surface area contributed by atoms with Crippen molar-refractivity contribution in [3.05, 3.63) is 27.7 Å². The summed E-state index contributed by atoms with van der Waals surface area (Å²) in [4.78, 5) is 22.8. The maximum absolute atomic E-state index is 11.5. The molecule has 0 aliphatic rings. The van der Waals surface area contributed by atoms with Gasteiger partial charge in [-0.1, -0.05) is 11.6 Å². The highest BCUT2D eigenvalue weighted by Crippen LogP contribution is 2.25. The van der Waals surface area contributed by atoms with E-state index in [1.165, 1.54) is 0 Å². The number of carbonyl (C=O) groups excluding carboxylic acids is 2. The zero-order valence-electron chi connectivity index (χ0n) is 9.37. The second kappa shape index (κ2) is 7.35. The van der Waals surface area contributed by atoms with Crippen LogP contribution in [0.15, 0.2) is 22.7 Å².